The van der Waals surface area contributed by atoms with Crippen LogP contribution in [-0.4, -0.2) is 0 Å². The highest BCUT2D eigenvalue weighted by atomic mass is 14.3. The topological polar surface area (TPSA) is 0 Å². The number of fused-ring (bicyclic) bond motifs is 3. The van der Waals surface area contributed by atoms with E-state index >= 15 is 0 Å². The molecular weight excluding hydrogens is 204 g/mol. The molecule has 0 heterocycles. The van der Waals surface area contributed by atoms with E-state index in [0.29, 0.717) is 0 Å². The molecule has 0 heteroatoms. The van der Waals surface area contributed by atoms with E-state index in [1.807, 2.05) is 0 Å². The molecule has 0 bridgehead atoms. The molecule has 2 aromatic carbocycles. The minimum atomic E-state index is 0.807. The van der Waals surface area contributed by atoms with E-state index in [4.69, 9.17) is 0 Å². The minimum Gasteiger partial charge on any atom is -0.0622 e. The van der Waals surface area contributed by atoms with Gasteiger partial charge in [0.05, 0.1) is 0 Å². The Morgan fingerprint density at radius 1 is 0.941 bits per heavy atom. The van der Waals surface area contributed by atoms with Crippen LogP contribution in [0.1, 0.15) is 31.4 Å². The summed E-state index contributed by atoms with van der Waals surface area (Å²) < 4.78 is 0. The number of hydrogen-bond acceptors (Lipinski definition) is 0. The average molecular weight is 224 g/mol. The molecule has 3 rings (SSSR count). The lowest BCUT2D eigenvalue weighted by Crippen LogP contribution is -2.08. The molecule has 88 valence electrons. The maximum atomic E-state index is 2.40. The maximum absolute atomic E-state index is 2.40. The summed E-state index contributed by atoms with van der Waals surface area (Å²) in [4.78, 5) is 0. The van der Waals surface area contributed by atoms with Crippen molar-refractivity contribution in [3.63, 3.8) is 0 Å². The summed E-state index contributed by atoms with van der Waals surface area (Å²) in [6.45, 7) is 4.81. The lowest BCUT2D eigenvalue weighted by molar-refractivity contribution is 0.376. The summed E-state index contributed by atoms with van der Waals surface area (Å²) in [5.74, 6) is 1.66. The fraction of sp³-hybridized carbons (Fsp3) is 0.412. The molecule has 0 N–H and O–H groups in total. The zero-order valence-electron chi connectivity index (χ0n) is 10.7. The molecule has 2 aromatic rings. The molecule has 1 aliphatic rings. The molecule has 0 spiro atoms. The zero-order chi connectivity index (χ0) is 11.8. The predicted octanol–water partition coefficient (Wildman–Crippen LogP) is 4.60. The third kappa shape index (κ3) is 1.86. The Balaban J connectivity index is 2.19. The van der Waals surface area contributed by atoms with Crippen molar-refractivity contribution < 1.29 is 0 Å². The van der Waals surface area contributed by atoms with Gasteiger partial charge in [-0.05, 0) is 53.0 Å². The summed E-state index contributed by atoms with van der Waals surface area (Å²) in [7, 11) is 0. The Labute approximate surface area is 104 Å². The van der Waals surface area contributed by atoms with Crippen molar-refractivity contribution in [2.45, 2.75) is 33.1 Å². The fourth-order valence-corrected chi connectivity index (χ4v) is 3.05. The Kier molecular flexibility index (Phi) is 2.66. The monoisotopic (exact) mass is 224 g/mol. The van der Waals surface area contributed by atoms with E-state index in [1.54, 1.807) is 11.1 Å². The maximum Gasteiger partial charge on any atom is -0.0149 e. The summed E-state index contributed by atoms with van der Waals surface area (Å²) in [6.07, 6.45) is 3.84. The summed E-state index contributed by atoms with van der Waals surface area (Å²) in [5, 5.41) is 2.87. The van der Waals surface area contributed by atoms with Crippen LogP contribution in [0.4, 0.5) is 0 Å². The first-order valence-electron chi connectivity index (χ1n) is 6.75. The number of benzene rings is 2. The van der Waals surface area contributed by atoms with Gasteiger partial charge in [0, 0.05) is 0 Å². The number of rotatable bonds is 0. The summed E-state index contributed by atoms with van der Waals surface area (Å²) >= 11 is 0. The van der Waals surface area contributed by atoms with Crippen molar-refractivity contribution in [1.82, 2.24) is 0 Å². The highest BCUT2D eigenvalue weighted by Gasteiger charge is 2.20. The van der Waals surface area contributed by atoms with Crippen LogP contribution in [0.3, 0.4) is 0 Å². The van der Waals surface area contributed by atoms with E-state index in [1.165, 1.54) is 30.0 Å². The van der Waals surface area contributed by atoms with Crippen molar-refractivity contribution in [2.24, 2.45) is 11.8 Å². The van der Waals surface area contributed by atoms with Crippen molar-refractivity contribution in [2.75, 3.05) is 0 Å². The molecular formula is C17H20. The Bertz CT molecular complexity index is 539. The van der Waals surface area contributed by atoms with Gasteiger partial charge in [0.2, 0.25) is 0 Å². The lowest BCUT2D eigenvalue weighted by Gasteiger charge is -2.16. The van der Waals surface area contributed by atoms with Crippen LogP contribution in [0.5, 0.6) is 0 Å². The fourth-order valence-electron chi connectivity index (χ4n) is 3.05. The molecule has 0 aromatic heterocycles. The second-order valence-corrected chi connectivity index (χ2v) is 5.62. The second kappa shape index (κ2) is 4.18. The highest BCUT2D eigenvalue weighted by Crippen LogP contribution is 2.33. The van der Waals surface area contributed by atoms with E-state index in [0.717, 1.165) is 11.8 Å². The van der Waals surface area contributed by atoms with Crippen molar-refractivity contribution in [1.29, 1.82) is 0 Å². The largest absolute Gasteiger partial charge is 0.0622 e. The minimum absolute atomic E-state index is 0.807. The SMILES string of the molecule is CC1CCc2ccc3ccccc3c2CC1C. The summed E-state index contributed by atoms with van der Waals surface area (Å²) in [5.41, 5.74) is 3.19. The van der Waals surface area contributed by atoms with Gasteiger partial charge < -0.3 is 0 Å². The summed E-state index contributed by atoms with van der Waals surface area (Å²) in [6, 6.07) is 13.5. The lowest BCUT2D eigenvalue weighted by atomic mass is 9.89. The second-order valence-electron chi connectivity index (χ2n) is 5.62. The molecule has 0 amide bonds. The standard InChI is InChI=1S/C17H20/c1-12-7-8-15-10-9-14-5-3-4-6-16(14)17(15)11-13(12)2/h3-6,9-10,12-13H,7-8,11H2,1-2H3. The van der Waals surface area contributed by atoms with Crippen LogP contribution in [-0.2, 0) is 12.8 Å². The van der Waals surface area contributed by atoms with Crippen LogP contribution >= 0.6 is 0 Å². The van der Waals surface area contributed by atoms with Gasteiger partial charge in [-0.3, -0.25) is 0 Å². The molecule has 2 atom stereocenters. The van der Waals surface area contributed by atoms with Crippen LogP contribution in [0.15, 0.2) is 36.4 Å². The van der Waals surface area contributed by atoms with Gasteiger partial charge in [-0.1, -0.05) is 50.2 Å². The van der Waals surface area contributed by atoms with Crippen LogP contribution in [0, 0.1) is 11.8 Å². The van der Waals surface area contributed by atoms with Gasteiger partial charge in [-0.2, -0.15) is 0 Å². The third-order valence-electron chi connectivity index (χ3n) is 4.50. The van der Waals surface area contributed by atoms with Crippen LogP contribution < -0.4 is 0 Å². The van der Waals surface area contributed by atoms with Gasteiger partial charge >= 0.3 is 0 Å². The first kappa shape index (κ1) is 10.8. The van der Waals surface area contributed by atoms with E-state index < -0.39 is 0 Å². The Hall–Kier alpha value is -1.30. The Morgan fingerprint density at radius 2 is 1.76 bits per heavy atom. The van der Waals surface area contributed by atoms with E-state index in [9.17, 15) is 0 Å². The normalized spacial score (nSPS) is 24.4. The number of hydrogen-bond donors (Lipinski definition) is 0. The number of aryl methyl sites for hydroxylation is 1. The van der Waals surface area contributed by atoms with Gasteiger partial charge in [-0.25, -0.2) is 0 Å². The van der Waals surface area contributed by atoms with Gasteiger partial charge in [-0.15, -0.1) is 0 Å². The van der Waals surface area contributed by atoms with Gasteiger partial charge in [0.25, 0.3) is 0 Å². The van der Waals surface area contributed by atoms with E-state index in [2.05, 4.69) is 50.2 Å². The van der Waals surface area contributed by atoms with Crippen LogP contribution in [0.2, 0.25) is 0 Å². The van der Waals surface area contributed by atoms with Crippen molar-refractivity contribution >= 4 is 10.8 Å². The van der Waals surface area contributed by atoms with Crippen LogP contribution in [0.25, 0.3) is 10.8 Å². The molecule has 1 aliphatic carbocycles. The molecule has 2 unspecified atom stereocenters. The van der Waals surface area contributed by atoms with Gasteiger partial charge in [0.15, 0.2) is 0 Å². The predicted molar refractivity (Wildman–Crippen MR) is 74.3 cm³/mol. The molecule has 0 saturated carbocycles. The van der Waals surface area contributed by atoms with Crippen molar-refractivity contribution in [3.05, 3.63) is 47.5 Å². The van der Waals surface area contributed by atoms with E-state index in [-0.39, 0.29) is 0 Å². The van der Waals surface area contributed by atoms with Gasteiger partial charge in [0.1, 0.15) is 0 Å². The molecule has 17 heavy (non-hydrogen) atoms. The molecule has 0 radical (unpaired) electrons. The molecule has 0 saturated heterocycles. The Morgan fingerprint density at radius 3 is 2.65 bits per heavy atom. The first-order valence-corrected chi connectivity index (χ1v) is 6.75. The quantitative estimate of drug-likeness (QED) is 0.574. The highest BCUT2D eigenvalue weighted by molar-refractivity contribution is 5.86. The average Bonchev–Trinajstić information content (AvgIpc) is 2.50. The first-order chi connectivity index (χ1) is 8.25. The third-order valence-corrected chi connectivity index (χ3v) is 4.50. The molecule has 0 nitrogen and oxygen atoms in total. The van der Waals surface area contributed by atoms with Crippen molar-refractivity contribution in [3.8, 4) is 0 Å². The molecule has 0 aliphatic heterocycles. The smallest absolute Gasteiger partial charge is 0.0149 e. The zero-order valence-corrected chi connectivity index (χ0v) is 10.7. The molecule has 0 fully saturated rings.